The number of amides is 1. The van der Waals surface area contributed by atoms with Crippen LogP contribution < -0.4 is 5.32 Å². The number of carbonyl (C=O) groups excluding carboxylic acids is 1. The number of pyridine rings is 1. The number of nitrogens with one attached hydrogen (secondary N) is 1. The summed E-state index contributed by atoms with van der Waals surface area (Å²) in [6.45, 7) is 1.93. The van der Waals surface area contributed by atoms with E-state index in [4.69, 9.17) is 0 Å². The molecule has 1 saturated carbocycles. The van der Waals surface area contributed by atoms with Crippen molar-refractivity contribution in [1.82, 2.24) is 29.4 Å². The fraction of sp³-hybridized carbons (Fsp3) is 0.304. The molecule has 1 aliphatic rings. The fourth-order valence-corrected chi connectivity index (χ4v) is 4.34. The van der Waals surface area contributed by atoms with Crippen LogP contribution in [0.5, 0.6) is 0 Å². The molecule has 1 amide bonds. The molecule has 10 heteroatoms. The highest BCUT2D eigenvalue weighted by atomic mass is 16.4. The van der Waals surface area contributed by atoms with Gasteiger partial charge in [-0.2, -0.15) is 10.2 Å². The Bertz CT molecular complexity index is 1330. The summed E-state index contributed by atoms with van der Waals surface area (Å²) in [7, 11) is 0. The smallest absolute Gasteiger partial charge is 0.331 e. The Hall–Kier alpha value is -4.08. The van der Waals surface area contributed by atoms with Gasteiger partial charge in [0.1, 0.15) is 11.3 Å². The van der Waals surface area contributed by atoms with Crippen LogP contribution in [-0.4, -0.2) is 46.3 Å². The van der Waals surface area contributed by atoms with Gasteiger partial charge < -0.3 is 10.4 Å². The molecule has 5 rings (SSSR count). The molecule has 10 nitrogen and oxygen atoms in total. The minimum absolute atomic E-state index is 0.303. The molecular formula is C23H23N7O3. The third kappa shape index (κ3) is 3.63. The minimum Gasteiger partial charge on any atom is -0.479 e. The molecule has 0 atom stereocenters. The number of hydrogen-bond donors (Lipinski definition) is 2. The van der Waals surface area contributed by atoms with Gasteiger partial charge in [-0.1, -0.05) is 25.3 Å². The lowest BCUT2D eigenvalue weighted by Crippen LogP contribution is -2.44. The summed E-state index contributed by atoms with van der Waals surface area (Å²) in [5.41, 5.74) is 1.91. The third-order valence-electron chi connectivity index (χ3n) is 6.16. The van der Waals surface area contributed by atoms with Crippen molar-refractivity contribution < 1.29 is 14.7 Å². The van der Waals surface area contributed by atoms with Gasteiger partial charge in [0.05, 0.1) is 23.8 Å². The predicted molar refractivity (Wildman–Crippen MR) is 120 cm³/mol. The second kappa shape index (κ2) is 8.12. The highest BCUT2D eigenvalue weighted by Gasteiger charge is 2.43. The molecule has 1 fully saturated rings. The summed E-state index contributed by atoms with van der Waals surface area (Å²) in [5, 5.41) is 21.8. The Kier molecular flexibility index (Phi) is 5.12. The highest BCUT2D eigenvalue weighted by Crippen LogP contribution is 2.37. The van der Waals surface area contributed by atoms with Gasteiger partial charge in [0.25, 0.3) is 5.91 Å². The standard InChI is InChI=1S/C23H23N7O3/c1-15-6-7-17(25-12-15)19-18(14-30(28-19)23(22(32)33)8-3-2-4-9-23)27-21(31)16-13-26-29-11-5-10-24-20(16)29/h5-7,10-14H,2-4,8-9H2,1H3,(H,27,31)(H,32,33). The Balaban J connectivity index is 1.58. The number of anilines is 1. The van der Waals surface area contributed by atoms with Crippen LogP contribution in [0.2, 0.25) is 0 Å². The molecule has 0 radical (unpaired) electrons. The van der Waals surface area contributed by atoms with Crippen molar-refractivity contribution in [3.8, 4) is 11.4 Å². The molecule has 0 saturated heterocycles. The van der Waals surface area contributed by atoms with Gasteiger partial charge in [0, 0.05) is 18.6 Å². The second-order valence-corrected chi connectivity index (χ2v) is 8.35. The minimum atomic E-state index is -1.15. The molecule has 2 N–H and O–H groups in total. The highest BCUT2D eigenvalue weighted by molar-refractivity contribution is 6.09. The first-order valence-electron chi connectivity index (χ1n) is 10.8. The molecule has 4 aromatic heterocycles. The summed E-state index contributed by atoms with van der Waals surface area (Å²) in [6.07, 6.45) is 11.6. The van der Waals surface area contributed by atoms with E-state index in [0.29, 0.717) is 41.1 Å². The molecule has 168 valence electrons. The van der Waals surface area contributed by atoms with Crippen LogP contribution in [0.3, 0.4) is 0 Å². The average molecular weight is 445 g/mol. The van der Waals surface area contributed by atoms with E-state index in [1.165, 1.54) is 15.4 Å². The average Bonchev–Trinajstić information content (AvgIpc) is 3.45. The summed E-state index contributed by atoms with van der Waals surface area (Å²) < 4.78 is 3.01. The number of aryl methyl sites for hydroxylation is 1. The van der Waals surface area contributed by atoms with E-state index in [1.54, 1.807) is 30.9 Å². The largest absolute Gasteiger partial charge is 0.479 e. The monoisotopic (exact) mass is 445 g/mol. The number of carboxylic acid groups (broad SMARTS) is 1. The number of nitrogens with zero attached hydrogens (tertiary/aromatic N) is 6. The zero-order valence-electron chi connectivity index (χ0n) is 18.1. The van der Waals surface area contributed by atoms with Gasteiger partial charge in [-0.25, -0.2) is 14.3 Å². The number of aliphatic carboxylic acids is 1. The zero-order chi connectivity index (χ0) is 23.0. The fourth-order valence-electron chi connectivity index (χ4n) is 4.34. The maximum atomic E-state index is 13.1. The van der Waals surface area contributed by atoms with E-state index in [9.17, 15) is 14.7 Å². The molecule has 0 unspecified atom stereocenters. The molecule has 0 bridgehead atoms. The van der Waals surface area contributed by atoms with Crippen molar-refractivity contribution in [2.24, 2.45) is 0 Å². The Morgan fingerprint density at radius 2 is 1.94 bits per heavy atom. The van der Waals surface area contributed by atoms with Gasteiger partial charge in [-0.3, -0.25) is 14.5 Å². The van der Waals surface area contributed by atoms with Gasteiger partial charge >= 0.3 is 5.97 Å². The van der Waals surface area contributed by atoms with Gasteiger partial charge in [0.15, 0.2) is 11.2 Å². The van der Waals surface area contributed by atoms with E-state index in [-0.39, 0.29) is 0 Å². The van der Waals surface area contributed by atoms with Crippen molar-refractivity contribution in [2.75, 3.05) is 5.32 Å². The number of fused-ring (bicyclic) bond motifs is 1. The number of rotatable bonds is 5. The van der Waals surface area contributed by atoms with Gasteiger partial charge in [0.2, 0.25) is 0 Å². The zero-order valence-corrected chi connectivity index (χ0v) is 18.1. The normalized spacial score (nSPS) is 15.4. The second-order valence-electron chi connectivity index (χ2n) is 8.35. The van der Waals surface area contributed by atoms with Crippen molar-refractivity contribution >= 4 is 23.2 Å². The summed E-state index contributed by atoms with van der Waals surface area (Å²) in [6, 6.07) is 5.43. The molecule has 0 spiro atoms. The third-order valence-corrected chi connectivity index (χ3v) is 6.16. The quantitative estimate of drug-likeness (QED) is 0.482. The molecule has 4 heterocycles. The Morgan fingerprint density at radius 1 is 1.12 bits per heavy atom. The number of aromatic nitrogens is 6. The lowest BCUT2D eigenvalue weighted by Gasteiger charge is -2.33. The Morgan fingerprint density at radius 3 is 2.67 bits per heavy atom. The van der Waals surface area contributed by atoms with Crippen LogP contribution in [0, 0.1) is 6.92 Å². The van der Waals surface area contributed by atoms with Crippen LogP contribution in [0.1, 0.15) is 48.0 Å². The Labute approximate surface area is 189 Å². The van der Waals surface area contributed by atoms with Crippen LogP contribution in [0.25, 0.3) is 17.0 Å². The maximum absolute atomic E-state index is 13.1. The molecule has 1 aliphatic carbocycles. The molecule has 0 aliphatic heterocycles. The SMILES string of the molecule is Cc1ccc(-c2nn(C3(C(=O)O)CCCCC3)cc2NC(=O)c2cnn3cccnc23)nc1. The van der Waals surface area contributed by atoms with Crippen LogP contribution >= 0.6 is 0 Å². The number of carbonyl (C=O) groups is 2. The summed E-state index contributed by atoms with van der Waals surface area (Å²) >= 11 is 0. The van der Waals surface area contributed by atoms with E-state index >= 15 is 0 Å². The number of carboxylic acids is 1. The first kappa shape index (κ1) is 20.8. The van der Waals surface area contributed by atoms with E-state index in [1.807, 2.05) is 19.1 Å². The topological polar surface area (TPSA) is 127 Å². The van der Waals surface area contributed by atoms with Crippen molar-refractivity contribution in [3.63, 3.8) is 0 Å². The van der Waals surface area contributed by atoms with Crippen molar-refractivity contribution in [1.29, 1.82) is 0 Å². The van der Waals surface area contributed by atoms with Crippen LogP contribution in [-0.2, 0) is 10.3 Å². The molecular weight excluding hydrogens is 422 g/mol. The lowest BCUT2D eigenvalue weighted by atomic mass is 9.82. The molecule has 33 heavy (non-hydrogen) atoms. The lowest BCUT2D eigenvalue weighted by molar-refractivity contribution is -0.150. The predicted octanol–water partition coefficient (Wildman–Crippen LogP) is 3.29. The first-order chi connectivity index (χ1) is 16.0. The van der Waals surface area contributed by atoms with E-state index in [2.05, 4.69) is 25.5 Å². The van der Waals surface area contributed by atoms with Crippen LogP contribution in [0.15, 0.2) is 49.2 Å². The summed E-state index contributed by atoms with van der Waals surface area (Å²) in [5.74, 6) is -1.33. The van der Waals surface area contributed by atoms with Gasteiger partial charge in [-0.05, 0) is 37.5 Å². The van der Waals surface area contributed by atoms with Crippen molar-refractivity contribution in [3.05, 3.63) is 60.3 Å². The van der Waals surface area contributed by atoms with E-state index in [0.717, 1.165) is 24.8 Å². The number of hydrogen-bond acceptors (Lipinski definition) is 6. The first-order valence-corrected chi connectivity index (χ1v) is 10.8. The maximum Gasteiger partial charge on any atom is 0.331 e. The van der Waals surface area contributed by atoms with Gasteiger partial charge in [-0.15, -0.1) is 0 Å². The van der Waals surface area contributed by atoms with Crippen molar-refractivity contribution in [2.45, 2.75) is 44.6 Å². The summed E-state index contributed by atoms with van der Waals surface area (Å²) in [4.78, 5) is 34.2. The molecule has 4 aromatic rings. The van der Waals surface area contributed by atoms with Crippen LogP contribution in [0.4, 0.5) is 5.69 Å². The molecule has 0 aromatic carbocycles. The van der Waals surface area contributed by atoms with E-state index < -0.39 is 17.4 Å².